The Morgan fingerprint density at radius 2 is 2.24 bits per heavy atom. The van der Waals surface area contributed by atoms with E-state index < -0.39 is 0 Å². The average molecular weight is 236 g/mol. The van der Waals surface area contributed by atoms with E-state index in [9.17, 15) is 4.79 Å². The maximum atomic E-state index is 11.9. The van der Waals surface area contributed by atoms with Gasteiger partial charge in [-0.3, -0.25) is 4.79 Å². The fourth-order valence-electron chi connectivity index (χ4n) is 2.14. The first kappa shape index (κ1) is 14.1. The standard InChI is InChI=1S/C14H24N2O/c1-4-13(9-15)16-10-12(6-5-11(2)3)7-8-14(16)17/h11-13H,4,7-10,15H2,1-3H3. The normalized spacial score (nSPS) is 22.3. The van der Waals surface area contributed by atoms with Crippen LogP contribution in [-0.2, 0) is 4.79 Å². The van der Waals surface area contributed by atoms with Crippen molar-refractivity contribution >= 4 is 5.91 Å². The van der Waals surface area contributed by atoms with Crippen LogP contribution < -0.4 is 5.73 Å². The second-order valence-corrected chi connectivity index (χ2v) is 5.02. The Bertz CT molecular complexity index is 310. The molecule has 1 saturated heterocycles. The Hall–Kier alpha value is -1.01. The van der Waals surface area contributed by atoms with Crippen LogP contribution in [0, 0.1) is 23.7 Å². The van der Waals surface area contributed by atoms with Crippen LogP contribution in [0.1, 0.15) is 40.0 Å². The molecule has 1 heterocycles. The van der Waals surface area contributed by atoms with Gasteiger partial charge in [-0.05, 0) is 12.8 Å². The van der Waals surface area contributed by atoms with E-state index in [1.54, 1.807) is 0 Å². The quantitative estimate of drug-likeness (QED) is 0.757. The van der Waals surface area contributed by atoms with Crippen molar-refractivity contribution in [2.45, 2.75) is 46.1 Å². The Morgan fingerprint density at radius 3 is 2.76 bits per heavy atom. The van der Waals surface area contributed by atoms with Crippen LogP contribution in [0.3, 0.4) is 0 Å². The molecule has 2 atom stereocenters. The minimum absolute atomic E-state index is 0.186. The van der Waals surface area contributed by atoms with Gasteiger partial charge >= 0.3 is 0 Å². The van der Waals surface area contributed by atoms with Crippen LogP contribution in [0.25, 0.3) is 0 Å². The minimum atomic E-state index is 0.186. The van der Waals surface area contributed by atoms with E-state index in [0.717, 1.165) is 19.4 Å². The third-order valence-corrected chi connectivity index (χ3v) is 3.20. The lowest BCUT2D eigenvalue weighted by Gasteiger charge is -2.36. The molecule has 1 aliphatic heterocycles. The molecule has 17 heavy (non-hydrogen) atoms. The van der Waals surface area contributed by atoms with E-state index in [4.69, 9.17) is 5.73 Å². The highest BCUT2D eigenvalue weighted by molar-refractivity contribution is 5.77. The van der Waals surface area contributed by atoms with Gasteiger partial charge in [0.1, 0.15) is 0 Å². The molecule has 0 aromatic carbocycles. The van der Waals surface area contributed by atoms with Gasteiger partial charge in [0.25, 0.3) is 0 Å². The summed E-state index contributed by atoms with van der Waals surface area (Å²) in [4.78, 5) is 13.8. The number of carbonyl (C=O) groups excluding carboxylic acids is 1. The number of piperidine rings is 1. The SMILES string of the molecule is CCC(CN)N1CC(C#CC(C)C)CCC1=O. The number of rotatable bonds is 3. The second-order valence-electron chi connectivity index (χ2n) is 5.02. The predicted octanol–water partition coefficient (Wildman–Crippen LogP) is 1.62. The smallest absolute Gasteiger partial charge is 0.222 e. The molecule has 0 aromatic rings. The monoisotopic (exact) mass is 236 g/mol. The van der Waals surface area contributed by atoms with Gasteiger partial charge in [0.2, 0.25) is 5.91 Å². The third-order valence-electron chi connectivity index (χ3n) is 3.20. The number of amides is 1. The number of likely N-dealkylation sites (tertiary alicyclic amines) is 1. The van der Waals surface area contributed by atoms with Crippen molar-refractivity contribution in [3.8, 4) is 11.8 Å². The molecule has 0 saturated carbocycles. The van der Waals surface area contributed by atoms with Gasteiger partial charge in [-0.25, -0.2) is 0 Å². The maximum Gasteiger partial charge on any atom is 0.222 e. The zero-order valence-corrected chi connectivity index (χ0v) is 11.2. The van der Waals surface area contributed by atoms with Crippen LogP contribution in [0.5, 0.6) is 0 Å². The van der Waals surface area contributed by atoms with Crippen LogP contribution >= 0.6 is 0 Å². The maximum absolute atomic E-state index is 11.9. The molecule has 0 radical (unpaired) electrons. The average Bonchev–Trinajstić information content (AvgIpc) is 2.31. The van der Waals surface area contributed by atoms with Crippen LogP contribution in [0.4, 0.5) is 0 Å². The van der Waals surface area contributed by atoms with Gasteiger partial charge in [0.15, 0.2) is 0 Å². The van der Waals surface area contributed by atoms with Crippen LogP contribution in [0.15, 0.2) is 0 Å². The fourth-order valence-corrected chi connectivity index (χ4v) is 2.14. The van der Waals surface area contributed by atoms with Crippen molar-refractivity contribution in [1.82, 2.24) is 4.90 Å². The summed E-state index contributed by atoms with van der Waals surface area (Å²) in [7, 11) is 0. The van der Waals surface area contributed by atoms with Gasteiger partial charge < -0.3 is 10.6 Å². The lowest BCUT2D eigenvalue weighted by Crippen LogP contribution is -2.49. The molecule has 1 fully saturated rings. The van der Waals surface area contributed by atoms with E-state index in [1.807, 2.05) is 4.90 Å². The molecule has 0 aliphatic carbocycles. The van der Waals surface area contributed by atoms with Crippen LogP contribution in [-0.4, -0.2) is 29.9 Å². The van der Waals surface area contributed by atoms with Crippen molar-refractivity contribution in [1.29, 1.82) is 0 Å². The number of hydrogen-bond donors (Lipinski definition) is 1. The van der Waals surface area contributed by atoms with E-state index in [0.29, 0.717) is 24.8 Å². The molecule has 0 bridgehead atoms. The third kappa shape index (κ3) is 4.05. The predicted molar refractivity (Wildman–Crippen MR) is 70.2 cm³/mol. The number of nitrogens with two attached hydrogens (primary N) is 1. The van der Waals surface area contributed by atoms with Crippen molar-refractivity contribution < 1.29 is 4.79 Å². The Kier molecular flexibility index (Phi) is 5.50. The Morgan fingerprint density at radius 1 is 1.53 bits per heavy atom. The molecule has 0 spiro atoms. The number of nitrogens with zero attached hydrogens (tertiary/aromatic N) is 1. The summed E-state index contributed by atoms with van der Waals surface area (Å²) in [6.07, 6.45) is 2.44. The number of hydrogen-bond acceptors (Lipinski definition) is 2. The second kappa shape index (κ2) is 6.66. The summed E-state index contributed by atoms with van der Waals surface area (Å²) in [6, 6.07) is 0.186. The van der Waals surface area contributed by atoms with Crippen molar-refractivity contribution in [3.05, 3.63) is 0 Å². The molecule has 0 aromatic heterocycles. The molecule has 1 amide bonds. The van der Waals surface area contributed by atoms with Gasteiger partial charge in [-0.2, -0.15) is 0 Å². The molecule has 3 heteroatoms. The Balaban J connectivity index is 2.66. The van der Waals surface area contributed by atoms with Gasteiger partial charge in [-0.1, -0.05) is 26.7 Å². The first-order valence-electron chi connectivity index (χ1n) is 6.59. The van der Waals surface area contributed by atoms with E-state index in [-0.39, 0.29) is 11.9 Å². The van der Waals surface area contributed by atoms with Crippen molar-refractivity contribution in [3.63, 3.8) is 0 Å². The zero-order valence-electron chi connectivity index (χ0n) is 11.2. The zero-order chi connectivity index (χ0) is 12.8. The lowest BCUT2D eigenvalue weighted by molar-refractivity contribution is -0.136. The molecule has 3 nitrogen and oxygen atoms in total. The Labute approximate surface area is 105 Å². The summed E-state index contributed by atoms with van der Waals surface area (Å²) >= 11 is 0. The summed E-state index contributed by atoms with van der Waals surface area (Å²) in [5.41, 5.74) is 5.71. The van der Waals surface area contributed by atoms with Crippen molar-refractivity contribution in [2.24, 2.45) is 17.6 Å². The summed E-state index contributed by atoms with van der Waals surface area (Å²) < 4.78 is 0. The van der Waals surface area contributed by atoms with Gasteiger partial charge in [-0.15, -0.1) is 5.92 Å². The van der Waals surface area contributed by atoms with E-state index >= 15 is 0 Å². The summed E-state index contributed by atoms with van der Waals surface area (Å²) in [5.74, 6) is 7.47. The molecule has 2 unspecified atom stereocenters. The van der Waals surface area contributed by atoms with E-state index in [2.05, 4.69) is 32.6 Å². The van der Waals surface area contributed by atoms with Gasteiger partial charge in [0, 0.05) is 37.4 Å². The van der Waals surface area contributed by atoms with Gasteiger partial charge in [0.05, 0.1) is 0 Å². The molecule has 1 aliphatic rings. The fraction of sp³-hybridized carbons (Fsp3) is 0.786. The highest BCUT2D eigenvalue weighted by Crippen LogP contribution is 2.20. The molecular weight excluding hydrogens is 212 g/mol. The molecular formula is C14H24N2O. The first-order chi connectivity index (χ1) is 8.08. The molecule has 1 rings (SSSR count). The number of carbonyl (C=O) groups is 1. The first-order valence-corrected chi connectivity index (χ1v) is 6.59. The highest BCUT2D eigenvalue weighted by atomic mass is 16.2. The topological polar surface area (TPSA) is 46.3 Å². The van der Waals surface area contributed by atoms with E-state index in [1.165, 1.54) is 0 Å². The summed E-state index contributed by atoms with van der Waals surface area (Å²) in [5, 5.41) is 0. The highest BCUT2D eigenvalue weighted by Gasteiger charge is 2.28. The summed E-state index contributed by atoms with van der Waals surface area (Å²) in [6.45, 7) is 7.57. The van der Waals surface area contributed by atoms with Crippen LogP contribution in [0.2, 0.25) is 0 Å². The minimum Gasteiger partial charge on any atom is -0.337 e. The molecule has 96 valence electrons. The largest absolute Gasteiger partial charge is 0.337 e. The van der Waals surface area contributed by atoms with Crippen molar-refractivity contribution in [2.75, 3.05) is 13.1 Å². The lowest BCUT2D eigenvalue weighted by atomic mass is 9.95. The molecule has 2 N–H and O–H groups in total.